The minimum Gasteiger partial charge on any atom is -0.344 e. The van der Waals surface area contributed by atoms with E-state index in [1.807, 2.05) is 6.08 Å². The predicted octanol–water partition coefficient (Wildman–Crippen LogP) is 2.73. The second-order valence-electron chi connectivity index (χ2n) is 7.94. The summed E-state index contributed by atoms with van der Waals surface area (Å²) in [6.07, 6.45) is -0.0790. The lowest BCUT2D eigenvalue weighted by molar-refractivity contribution is -0.138. The van der Waals surface area contributed by atoms with Gasteiger partial charge in [-0.15, -0.1) is 6.58 Å². The minimum atomic E-state index is -4.45. The smallest absolute Gasteiger partial charge is 0.344 e. The van der Waals surface area contributed by atoms with Gasteiger partial charge in [-0.3, -0.25) is 4.79 Å². The quantitative estimate of drug-likeness (QED) is 0.805. The van der Waals surface area contributed by atoms with E-state index in [1.54, 1.807) is 13.8 Å². The first-order valence-corrected chi connectivity index (χ1v) is 8.81. The summed E-state index contributed by atoms with van der Waals surface area (Å²) in [7, 11) is 0. The molecule has 2 aromatic heterocycles. The number of pyridine rings is 1. The predicted molar refractivity (Wildman–Crippen MR) is 93.8 cm³/mol. The average Bonchev–Trinajstić information content (AvgIpc) is 2.90. The first kappa shape index (κ1) is 18.0. The monoisotopic (exact) mass is 378 g/mol. The van der Waals surface area contributed by atoms with Gasteiger partial charge in [0, 0.05) is 18.2 Å². The van der Waals surface area contributed by atoms with Crippen molar-refractivity contribution in [1.29, 1.82) is 0 Å². The third kappa shape index (κ3) is 2.65. The molecule has 8 heteroatoms. The number of hydrogen-bond donors (Lipinski definition) is 2. The average molecular weight is 378 g/mol. The van der Waals surface area contributed by atoms with Crippen molar-refractivity contribution in [3.8, 4) is 0 Å². The van der Waals surface area contributed by atoms with Gasteiger partial charge in [0.15, 0.2) is 0 Å². The maximum absolute atomic E-state index is 13.1. The van der Waals surface area contributed by atoms with Crippen LogP contribution in [0, 0.1) is 17.3 Å². The van der Waals surface area contributed by atoms with E-state index in [2.05, 4.69) is 22.2 Å². The Hall–Kier alpha value is -2.35. The fourth-order valence-electron chi connectivity index (χ4n) is 4.37. The summed E-state index contributed by atoms with van der Waals surface area (Å²) in [6.45, 7) is 8.85. The standard InChI is InChI=1S/C19H21F3N4O/c1-4-18-10-23-8-13(18)14(18)15(27)25-17(2,3)16-24-7-12-6-5-11(9-26(12)16)19(20,21)22/h4-7,9,13-14,23H,1,8,10H2,2-3H3,(H,25,27)/t13-,14+,18-/m0/s1. The molecule has 5 nitrogen and oxygen atoms in total. The van der Waals surface area contributed by atoms with E-state index in [9.17, 15) is 18.0 Å². The van der Waals surface area contributed by atoms with Crippen LogP contribution in [0.25, 0.3) is 5.52 Å². The highest BCUT2D eigenvalue weighted by Crippen LogP contribution is 2.61. The number of rotatable bonds is 4. The minimum absolute atomic E-state index is 0.116. The highest BCUT2D eigenvalue weighted by atomic mass is 19.4. The molecule has 3 heterocycles. The van der Waals surface area contributed by atoms with E-state index in [4.69, 9.17) is 0 Å². The maximum Gasteiger partial charge on any atom is 0.417 e. The number of alkyl halides is 3. The van der Waals surface area contributed by atoms with Crippen LogP contribution >= 0.6 is 0 Å². The molecule has 0 spiro atoms. The Morgan fingerprint density at radius 3 is 2.81 bits per heavy atom. The van der Waals surface area contributed by atoms with E-state index in [-0.39, 0.29) is 23.2 Å². The summed E-state index contributed by atoms with van der Waals surface area (Å²) >= 11 is 0. The lowest BCUT2D eigenvalue weighted by Crippen LogP contribution is -2.44. The Morgan fingerprint density at radius 2 is 2.19 bits per heavy atom. The van der Waals surface area contributed by atoms with Gasteiger partial charge < -0.3 is 15.0 Å². The van der Waals surface area contributed by atoms with Crippen molar-refractivity contribution in [3.63, 3.8) is 0 Å². The number of aromatic nitrogens is 2. The Bertz CT molecular complexity index is 933. The third-order valence-corrected chi connectivity index (χ3v) is 5.87. The number of fused-ring (bicyclic) bond motifs is 2. The van der Waals surface area contributed by atoms with Crippen LogP contribution in [-0.4, -0.2) is 28.4 Å². The molecule has 0 aromatic carbocycles. The Kier molecular flexibility index (Phi) is 3.72. The third-order valence-electron chi connectivity index (χ3n) is 5.87. The normalized spacial score (nSPS) is 27.4. The first-order chi connectivity index (χ1) is 12.6. The van der Waals surface area contributed by atoms with Crippen molar-refractivity contribution in [2.75, 3.05) is 13.1 Å². The molecule has 2 aliphatic rings. The van der Waals surface area contributed by atoms with Crippen molar-refractivity contribution in [2.24, 2.45) is 17.3 Å². The fourth-order valence-corrected chi connectivity index (χ4v) is 4.37. The molecule has 2 N–H and O–H groups in total. The van der Waals surface area contributed by atoms with Crippen molar-refractivity contribution in [3.05, 3.63) is 48.6 Å². The van der Waals surface area contributed by atoms with Gasteiger partial charge >= 0.3 is 6.18 Å². The summed E-state index contributed by atoms with van der Waals surface area (Å²) in [6, 6.07) is 2.40. The molecule has 1 saturated carbocycles. The van der Waals surface area contributed by atoms with Gasteiger partial charge in [-0.25, -0.2) is 4.98 Å². The number of imidazole rings is 1. The summed E-state index contributed by atoms with van der Waals surface area (Å²) in [5.74, 6) is 0.302. The number of carbonyl (C=O) groups excluding carboxylic acids is 1. The van der Waals surface area contributed by atoms with Gasteiger partial charge in [0.1, 0.15) is 5.82 Å². The first-order valence-electron chi connectivity index (χ1n) is 8.81. The lowest BCUT2D eigenvalue weighted by Gasteiger charge is -2.26. The number of piperidine rings is 1. The largest absolute Gasteiger partial charge is 0.417 e. The zero-order valence-corrected chi connectivity index (χ0v) is 15.1. The van der Waals surface area contributed by atoms with E-state index in [0.717, 1.165) is 25.4 Å². The number of amides is 1. The van der Waals surface area contributed by atoms with E-state index >= 15 is 0 Å². The van der Waals surface area contributed by atoms with Crippen molar-refractivity contribution in [2.45, 2.75) is 25.6 Å². The Balaban J connectivity index is 1.62. The molecule has 4 rings (SSSR count). The van der Waals surface area contributed by atoms with Crippen LogP contribution in [0.1, 0.15) is 25.2 Å². The van der Waals surface area contributed by atoms with Gasteiger partial charge in [0.25, 0.3) is 0 Å². The SMILES string of the molecule is C=C[C@]12CNC[C@H]1[C@@H]2C(=O)NC(C)(C)c1ncc2ccc(C(F)(F)F)cn12. The molecule has 0 bridgehead atoms. The van der Waals surface area contributed by atoms with Gasteiger partial charge in [0.05, 0.1) is 28.7 Å². The molecular formula is C19H21F3N4O. The molecule has 2 aromatic rings. The number of nitrogens with zero attached hydrogens (tertiary/aromatic N) is 2. The maximum atomic E-state index is 13.1. The van der Waals surface area contributed by atoms with Crippen LogP contribution < -0.4 is 10.6 Å². The molecule has 1 saturated heterocycles. The van der Waals surface area contributed by atoms with E-state index < -0.39 is 17.3 Å². The number of carbonyl (C=O) groups is 1. The summed E-state index contributed by atoms with van der Waals surface area (Å²) in [4.78, 5) is 17.1. The molecule has 27 heavy (non-hydrogen) atoms. The molecule has 2 fully saturated rings. The van der Waals surface area contributed by atoms with Gasteiger partial charge in [-0.05, 0) is 38.4 Å². The van der Waals surface area contributed by atoms with E-state index in [1.165, 1.54) is 16.7 Å². The molecule has 0 unspecified atom stereocenters. The highest BCUT2D eigenvalue weighted by molar-refractivity contribution is 5.85. The molecule has 3 atom stereocenters. The Morgan fingerprint density at radius 1 is 1.44 bits per heavy atom. The van der Waals surface area contributed by atoms with Gasteiger partial charge in [-0.2, -0.15) is 13.2 Å². The molecule has 1 amide bonds. The van der Waals surface area contributed by atoms with Crippen molar-refractivity contribution < 1.29 is 18.0 Å². The van der Waals surface area contributed by atoms with Crippen molar-refractivity contribution in [1.82, 2.24) is 20.0 Å². The van der Waals surface area contributed by atoms with Gasteiger partial charge in [-0.1, -0.05) is 6.08 Å². The molecular weight excluding hydrogens is 357 g/mol. The summed E-state index contributed by atoms with van der Waals surface area (Å²) in [5.41, 5.74) is -1.36. The van der Waals surface area contributed by atoms with Crippen LogP contribution in [0.5, 0.6) is 0 Å². The molecule has 1 aliphatic heterocycles. The van der Waals surface area contributed by atoms with Crippen LogP contribution in [0.3, 0.4) is 0 Å². The van der Waals surface area contributed by atoms with Crippen molar-refractivity contribution >= 4 is 11.4 Å². The van der Waals surface area contributed by atoms with Crippen LogP contribution in [0.4, 0.5) is 13.2 Å². The molecule has 1 aliphatic carbocycles. The summed E-state index contributed by atoms with van der Waals surface area (Å²) in [5, 5.41) is 6.24. The number of hydrogen-bond acceptors (Lipinski definition) is 3. The number of nitrogens with one attached hydrogen (secondary N) is 2. The lowest BCUT2D eigenvalue weighted by atomic mass is 10.0. The zero-order valence-electron chi connectivity index (χ0n) is 15.1. The van der Waals surface area contributed by atoms with Crippen LogP contribution in [-0.2, 0) is 16.5 Å². The van der Waals surface area contributed by atoms with Crippen LogP contribution in [0.2, 0.25) is 0 Å². The van der Waals surface area contributed by atoms with E-state index in [0.29, 0.717) is 11.3 Å². The second kappa shape index (κ2) is 5.58. The fraction of sp³-hybridized carbons (Fsp3) is 0.474. The topological polar surface area (TPSA) is 58.4 Å². The van der Waals surface area contributed by atoms with Crippen LogP contribution in [0.15, 0.2) is 37.2 Å². The zero-order chi connectivity index (χ0) is 19.6. The number of halogens is 3. The van der Waals surface area contributed by atoms with Gasteiger partial charge in [0.2, 0.25) is 5.91 Å². The Labute approximate surface area is 154 Å². The summed E-state index contributed by atoms with van der Waals surface area (Å²) < 4.78 is 40.6. The highest BCUT2D eigenvalue weighted by Gasteiger charge is 2.68. The second-order valence-corrected chi connectivity index (χ2v) is 7.94. The molecule has 0 radical (unpaired) electrons. The molecule has 144 valence electrons.